The lowest BCUT2D eigenvalue weighted by Crippen LogP contribution is -2.46. The third-order valence-electron chi connectivity index (χ3n) is 6.91. The Labute approximate surface area is 180 Å². The van der Waals surface area contributed by atoms with Crippen LogP contribution < -0.4 is 10.1 Å². The molecular formula is C24H35N5O. The zero-order valence-corrected chi connectivity index (χ0v) is 18.6. The number of aryl methyl sites for hydroxylation is 1. The molecule has 2 aromatic rings. The van der Waals surface area contributed by atoms with Crippen molar-refractivity contribution in [3.05, 3.63) is 47.8 Å². The highest BCUT2D eigenvalue weighted by atomic mass is 16.5. The second-order valence-electron chi connectivity index (χ2n) is 8.95. The van der Waals surface area contributed by atoms with E-state index in [0.29, 0.717) is 5.92 Å². The Kier molecular flexibility index (Phi) is 6.30. The minimum atomic E-state index is 0.166. The minimum absolute atomic E-state index is 0.166. The lowest BCUT2D eigenvalue weighted by atomic mass is 9.78. The molecule has 2 heterocycles. The van der Waals surface area contributed by atoms with E-state index in [1.165, 1.54) is 43.2 Å². The molecule has 1 aromatic heterocycles. The molecule has 1 aromatic carbocycles. The Hall–Kier alpha value is -2.50. The topological polar surface area (TPSA) is 54.7 Å². The highest BCUT2D eigenvalue weighted by Gasteiger charge is 2.36. The summed E-state index contributed by atoms with van der Waals surface area (Å²) in [5.41, 5.74) is 2.88. The van der Waals surface area contributed by atoms with Crippen LogP contribution in [0.2, 0.25) is 0 Å². The van der Waals surface area contributed by atoms with Crippen molar-refractivity contribution >= 4 is 5.96 Å². The lowest BCUT2D eigenvalue weighted by Gasteiger charge is -2.32. The molecule has 0 spiro atoms. The summed E-state index contributed by atoms with van der Waals surface area (Å²) in [5, 5.41) is 8.05. The fourth-order valence-electron chi connectivity index (χ4n) is 5.26. The number of nitrogens with zero attached hydrogens (tertiary/aromatic N) is 4. The van der Waals surface area contributed by atoms with Gasteiger partial charge in [0.2, 0.25) is 0 Å². The van der Waals surface area contributed by atoms with E-state index in [-0.39, 0.29) is 5.41 Å². The number of benzene rings is 1. The molecule has 1 saturated carbocycles. The van der Waals surface area contributed by atoms with E-state index < -0.39 is 0 Å². The summed E-state index contributed by atoms with van der Waals surface area (Å²) in [6, 6.07) is 8.63. The first kappa shape index (κ1) is 20.8. The van der Waals surface area contributed by atoms with Gasteiger partial charge in [0.15, 0.2) is 5.96 Å². The van der Waals surface area contributed by atoms with Gasteiger partial charge in [-0.15, -0.1) is 0 Å². The first-order chi connectivity index (χ1) is 14.6. The number of ether oxygens (including phenoxy) is 1. The van der Waals surface area contributed by atoms with Gasteiger partial charge >= 0.3 is 0 Å². The minimum Gasteiger partial charge on any atom is -0.497 e. The quantitative estimate of drug-likeness (QED) is 0.587. The maximum Gasteiger partial charge on any atom is 0.193 e. The molecule has 6 heteroatoms. The Morgan fingerprint density at radius 1 is 1.33 bits per heavy atom. The monoisotopic (exact) mass is 409 g/mol. The predicted molar refractivity (Wildman–Crippen MR) is 121 cm³/mol. The van der Waals surface area contributed by atoms with Crippen LogP contribution >= 0.6 is 0 Å². The SMILES string of the molecule is CN=C(NCC1(c2cccc(OC)c2)CCCC1)N1CCC(Cc2cnn(C)c2)C1. The molecule has 2 fully saturated rings. The van der Waals surface area contributed by atoms with Crippen molar-refractivity contribution in [2.75, 3.05) is 33.8 Å². The molecule has 1 unspecified atom stereocenters. The second-order valence-corrected chi connectivity index (χ2v) is 8.95. The molecule has 1 aliphatic carbocycles. The van der Waals surface area contributed by atoms with Crippen molar-refractivity contribution in [3.63, 3.8) is 0 Å². The van der Waals surface area contributed by atoms with Crippen molar-refractivity contribution in [1.29, 1.82) is 0 Å². The van der Waals surface area contributed by atoms with Gasteiger partial charge in [-0.1, -0.05) is 25.0 Å². The number of rotatable bonds is 6. The molecule has 0 amide bonds. The summed E-state index contributed by atoms with van der Waals surface area (Å²) in [5.74, 6) is 2.64. The highest BCUT2D eigenvalue weighted by molar-refractivity contribution is 5.80. The van der Waals surface area contributed by atoms with Crippen molar-refractivity contribution in [3.8, 4) is 5.75 Å². The predicted octanol–water partition coefficient (Wildman–Crippen LogP) is 3.38. The summed E-state index contributed by atoms with van der Waals surface area (Å²) in [6.45, 7) is 3.05. The van der Waals surface area contributed by atoms with E-state index in [0.717, 1.165) is 37.8 Å². The molecule has 4 rings (SSSR count). The second kappa shape index (κ2) is 9.11. The van der Waals surface area contributed by atoms with Crippen LogP contribution in [0.15, 0.2) is 41.7 Å². The number of likely N-dealkylation sites (tertiary alicyclic amines) is 1. The number of guanidine groups is 1. The Balaban J connectivity index is 1.39. The molecule has 6 nitrogen and oxygen atoms in total. The largest absolute Gasteiger partial charge is 0.497 e. The zero-order chi connectivity index (χ0) is 21.0. The zero-order valence-electron chi connectivity index (χ0n) is 18.6. The lowest BCUT2D eigenvalue weighted by molar-refractivity contribution is 0.396. The average molecular weight is 410 g/mol. The van der Waals surface area contributed by atoms with Crippen LogP contribution in [-0.4, -0.2) is 54.4 Å². The van der Waals surface area contributed by atoms with E-state index in [2.05, 4.69) is 44.7 Å². The molecule has 2 aliphatic rings. The number of nitrogens with one attached hydrogen (secondary N) is 1. The highest BCUT2D eigenvalue weighted by Crippen LogP contribution is 2.41. The van der Waals surface area contributed by atoms with Gasteiger partial charge in [0, 0.05) is 45.3 Å². The van der Waals surface area contributed by atoms with E-state index in [4.69, 9.17) is 4.74 Å². The van der Waals surface area contributed by atoms with Gasteiger partial charge in [-0.25, -0.2) is 0 Å². The van der Waals surface area contributed by atoms with Crippen LogP contribution in [0.3, 0.4) is 0 Å². The van der Waals surface area contributed by atoms with Crippen molar-refractivity contribution < 1.29 is 4.74 Å². The Morgan fingerprint density at radius 2 is 2.17 bits per heavy atom. The van der Waals surface area contributed by atoms with Gasteiger partial charge in [0.1, 0.15) is 5.75 Å². The molecule has 0 bridgehead atoms. The Bertz CT molecular complexity index is 868. The van der Waals surface area contributed by atoms with Crippen LogP contribution in [0.25, 0.3) is 0 Å². The maximum absolute atomic E-state index is 5.49. The summed E-state index contributed by atoms with van der Waals surface area (Å²) >= 11 is 0. The number of aliphatic imine (C=N–C) groups is 1. The first-order valence-corrected chi connectivity index (χ1v) is 11.2. The Morgan fingerprint density at radius 3 is 2.87 bits per heavy atom. The first-order valence-electron chi connectivity index (χ1n) is 11.2. The molecule has 162 valence electrons. The van der Waals surface area contributed by atoms with Crippen molar-refractivity contribution in [1.82, 2.24) is 20.0 Å². The number of methoxy groups -OCH3 is 1. The smallest absolute Gasteiger partial charge is 0.193 e. The summed E-state index contributed by atoms with van der Waals surface area (Å²) in [6.07, 6.45) is 11.4. The van der Waals surface area contributed by atoms with Gasteiger partial charge in [0.25, 0.3) is 0 Å². The number of hydrogen-bond donors (Lipinski definition) is 1. The van der Waals surface area contributed by atoms with Gasteiger partial charge in [-0.2, -0.15) is 5.10 Å². The fraction of sp³-hybridized carbons (Fsp3) is 0.583. The third-order valence-corrected chi connectivity index (χ3v) is 6.91. The average Bonchev–Trinajstić information content (AvgIpc) is 3.51. The normalized spacial score (nSPS) is 21.2. The summed E-state index contributed by atoms with van der Waals surface area (Å²) in [4.78, 5) is 7.05. The molecule has 1 aliphatic heterocycles. The fourth-order valence-corrected chi connectivity index (χ4v) is 5.26. The molecule has 0 radical (unpaired) electrons. The van der Waals surface area contributed by atoms with Gasteiger partial charge in [-0.05, 0) is 54.9 Å². The third kappa shape index (κ3) is 4.47. The van der Waals surface area contributed by atoms with E-state index >= 15 is 0 Å². The number of aromatic nitrogens is 2. The van der Waals surface area contributed by atoms with Crippen LogP contribution in [0.4, 0.5) is 0 Å². The van der Waals surface area contributed by atoms with E-state index in [9.17, 15) is 0 Å². The van der Waals surface area contributed by atoms with Crippen LogP contribution in [0, 0.1) is 5.92 Å². The van der Waals surface area contributed by atoms with E-state index in [1.807, 2.05) is 31.0 Å². The standard InChI is InChI=1S/C24H35N5O/c1-25-23(29-12-9-19(17-29)13-20-15-27-28(2)16-20)26-18-24(10-4-5-11-24)21-7-6-8-22(14-21)30-3/h6-8,14-16,19H,4-5,9-13,17-18H2,1-3H3,(H,25,26). The summed E-state index contributed by atoms with van der Waals surface area (Å²) in [7, 11) is 5.64. The molecular weight excluding hydrogens is 374 g/mol. The molecule has 1 atom stereocenters. The molecule has 30 heavy (non-hydrogen) atoms. The van der Waals surface area contributed by atoms with Crippen molar-refractivity contribution in [2.45, 2.75) is 43.9 Å². The van der Waals surface area contributed by atoms with E-state index in [1.54, 1.807) is 7.11 Å². The van der Waals surface area contributed by atoms with Gasteiger partial charge in [-0.3, -0.25) is 9.67 Å². The maximum atomic E-state index is 5.49. The van der Waals surface area contributed by atoms with Crippen LogP contribution in [0.1, 0.15) is 43.2 Å². The number of hydrogen-bond acceptors (Lipinski definition) is 3. The summed E-state index contributed by atoms with van der Waals surface area (Å²) < 4.78 is 7.38. The molecule has 1 N–H and O–H groups in total. The van der Waals surface area contributed by atoms with Crippen LogP contribution in [-0.2, 0) is 18.9 Å². The van der Waals surface area contributed by atoms with Gasteiger partial charge in [0.05, 0.1) is 13.3 Å². The van der Waals surface area contributed by atoms with Gasteiger partial charge < -0.3 is 15.0 Å². The van der Waals surface area contributed by atoms with Crippen molar-refractivity contribution in [2.24, 2.45) is 18.0 Å². The molecule has 1 saturated heterocycles. The van der Waals surface area contributed by atoms with Crippen LogP contribution in [0.5, 0.6) is 5.75 Å².